The fourth-order valence-electron chi connectivity index (χ4n) is 4.06. The highest BCUT2D eigenvalue weighted by Gasteiger charge is 2.36. The van der Waals surface area contributed by atoms with E-state index < -0.39 is 35.6 Å². The van der Waals surface area contributed by atoms with E-state index in [1.54, 1.807) is 26.8 Å². The molecule has 2 aromatic carbocycles. The molecule has 2 N–H and O–H groups in total. The summed E-state index contributed by atoms with van der Waals surface area (Å²) in [6, 6.07) is 10.9. The SMILES string of the molecule is CCCCCN(C(=O)C(CS)NC(=O)OC(C)(C)C)C(C(=O)Nc1c(C)cccc1Cl)c1ccccc1C. The first-order chi connectivity index (χ1) is 17.9. The third kappa shape index (κ3) is 8.95. The molecule has 38 heavy (non-hydrogen) atoms. The van der Waals surface area contributed by atoms with Gasteiger partial charge in [-0.15, -0.1) is 0 Å². The maximum absolute atomic E-state index is 14.0. The number of carbonyl (C=O) groups is 3. The normalized spacial score (nSPS) is 12.8. The molecule has 0 saturated heterocycles. The van der Waals surface area contributed by atoms with Gasteiger partial charge in [-0.2, -0.15) is 12.6 Å². The van der Waals surface area contributed by atoms with E-state index in [4.69, 9.17) is 16.3 Å². The topological polar surface area (TPSA) is 87.7 Å². The number of alkyl carbamates (subject to hydrolysis) is 1. The molecule has 9 heteroatoms. The second-order valence-corrected chi connectivity index (χ2v) is 11.1. The molecule has 2 atom stereocenters. The van der Waals surface area contributed by atoms with Crippen LogP contribution in [0.1, 0.15) is 69.7 Å². The average molecular weight is 562 g/mol. The molecule has 0 aliphatic carbocycles. The highest BCUT2D eigenvalue weighted by atomic mass is 35.5. The molecule has 208 valence electrons. The molecule has 0 bridgehead atoms. The molecular formula is C29H40ClN3O4S. The maximum atomic E-state index is 14.0. The Morgan fingerprint density at radius 3 is 2.26 bits per heavy atom. The van der Waals surface area contributed by atoms with Crippen LogP contribution in [0.4, 0.5) is 10.5 Å². The van der Waals surface area contributed by atoms with Crippen LogP contribution < -0.4 is 10.6 Å². The Hall–Kier alpha value is -2.71. The van der Waals surface area contributed by atoms with E-state index in [-0.39, 0.29) is 5.75 Å². The van der Waals surface area contributed by atoms with Crippen molar-refractivity contribution in [2.75, 3.05) is 17.6 Å². The smallest absolute Gasteiger partial charge is 0.408 e. The van der Waals surface area contributed by atoms with Gasteiger partial charge in [0.1, 0.15) is 17.7 Å². The van der Waals surface area contributed by atoms with Crippen LogP contribution in [0.25, 0.3) is 0 Å². The Labute approximate surface area is 237 Å². The van der Waals surface area contributed by atoms with Crippen molar-refractivity contribution in [1.82, 2.24) is 10.2 Å². The maximum Gasteiger partial charge on any atom is 0.408 e. The summed E-state index contributed by atoms with van der Waals surface area (Å²) in [5.74, 6) is -0.773. The number of amides is 3. The number of unbranched alkanes of at least 4 members (excludes halogenated alkanes) is 2. The van der Waals surface area contributed by atoms with Crippen molar-refractivity contribution in [1.29, 1.82) is 0 Å². The summed E-state index contributed by atoms with van der Waals surface area (Å²) in [7, 11) is 0. The van der Waals surface area contributed by atoms with E-state index in [9.17, 15) is 14.4 Å². The van der Waals surface area contributed by atoms with E-state index in [1.807, 2.05) is 50.2 Å². The van der Waals surface area contributed by atoms with Gasteiger partial charge >= 0.3 is 6.09 Å². The summed E-state index contributed by atoms with van der Waals surface area (Å²) < 4.78 is 5.37. The van der Waals surface area contributed by atoms with Gasteiger partial charge in [0, 0.05) is 12.3 Å². The van der Waals surface area contributed by atoms with Crippen LogP contribution >= 0.6 is 24.2 Å². The largest absolute Gasteiger partial charge is 0.444 e. The van der Waals surface area contributed by atoms with Crippen molar-refractivity contribution in [2.45, 2.75) is 78.5 Å². The molecule has 0 aliphatic heterocycles. The lowest BCUT2D eigenvalue weighted by Gasteiger charge is -2.35. The standard InChI is InChI=1S/C29H40ClN3O4S/c1-7-8-11-17-33(27(35)23(18-38)31-28(36)37-29(4,5)6)25(21-15-10-9-13-19(21)2)26(34)32-24-20(3)14-12-16-22(24)30/h9-10,12-16,23,25,38H,7-8,11,17-18H2,1-6H3,(H,31,36)(H,32,34). The van der Waals surface area contributed by atoms with Gasteiger partial charge in [-0.1, -0.05) is 67.8 Å². The Bertz CT molecular complexity index is 1100. The fourth-order valence-corrected chi connectivity index (χ4v) is 4.58. The molecule has 0 radical (unpaired) electrons. The van der Waals surface area contributed by atoms with E-state index in [0.717, 1.165) is 24.0 Å². The summed E-state index contributed by atoms with van der Waals surface area (Å²) >= 11 is 10.8. The van der Waals surface area contributed by atoms with Gasteiger partial charge in [0.05, 0.1) is 10.7 Å². The molecule has 7 nitrogen and oxygen atoms in total. The molecule has 0 spiro atoms. The predicted molar refractivity (Wildman–Crippen MR) is 157 cm³/mol. The number of carbonyl (C=O) groups excluding carboxylic acids is 3. The number of anilines is 1. The number of halogens is 1. The number of hydrogen-bond donors (Lipinski definition) is 3. The Kier molecular flexibility index (Phi) is 12.0. The fraction of sp³-hybridized carbons (Fsp3) is 0.483. The van der Waals surface area contributed by atoms with Crippen LogP contribution in [0.15, 0.2) is 42.5 Å². The first kappa shape index (κ1) is 31.5. The average Bonchev–Trinajstić information content (AvgIpc) is 2.83. The monoisotopic (exact) mass is 561 g/mol. The third-order valence-electron chi connectivity index (χ3n) is 5.97. The van der Waals surface area contributed by atoms with Crippen molar-refractivity contribution >= 4 is 47.8 Å². The second-order valence-electron chi connectivity index (χ2n) is 10.3. The Morgan fingerprint density at radius 2 is 1.68 bits per heavy atom. The van der Waals surface area contributed by atoms with Crippen molar-refractivity contribution in [3.8, 4) is 0 Å². The van der Waals surface area contributed by atoms with Gasteiger partial charge in [-0.05, 0) is 63.8 Å². The van der Waals surface area contributed by atoms with Gasteiger partial charge in [0.15, 0.2) is 0 Å². The molecule has 0 aliphatic rings. The molecule has 2 rings (SSSR count). The van der Waals surface area contributed by atoms with Crippen molar-refractivity contribution in [3.63, 3.8) is 0 Å². The first-order valence-electron chi connectivity index (χ1n) is 12.9. The van der Waals surface area contributed by atoms with Crippen LogP contribution in [-0.4, -0.2) is 46.7 Å². The van der Waals surface area contributed by atoms with Gasteiger partial charge in [0.2, 0.25) is 5.91 Å². The van der Waals surface area contributed by atoms with Crippen LogP contribution in [0.2, 0.25) is 5.02 Å². The highest BCUT2D eigenvalue weighted by Crippen LogP contribution is 2.31. The number of ether oxygens (including phenoxy) is 1. The Balaban J connectivity index is 2.53. The molecule has 2 aromatic rings. The van der Waals surface area contributed by atoms with E-state index in [1.165, 1.54) is 4.90 Å². The van der Waals surface area contributed by atoms with Crippen LogP contribution in [0, 0.1) is 13.8 Å². The van der Waals surface area contributed by atoms with Crippen LogP contribution in [-0.2, 0) is 14.3 Å². The number of hydrogen-bond acceptors (Lipinski definition) is 5. The minimum absolute atomic E-state index is 0.0358. The molecule has 0 heterocycles. The van der Waals surface area contributed by atoms with Crippen LogP contribution in [0.3, 0.4) is 0 Å². The summed E-state index contributed by atoms with van der Waals surface area (Å²) in [4.78, 5) is 42.0. The number of rotatable bonds is 11. The summed E-state index contributed by atoms with van der Waals surface area (Å²) in [5.41, 5.74) is 2.12. The Morgan fingerprint density at radius 1 is 1.03 bits per heavy atom. The predicted octanol–water partition coefficient (Wildman–Crippen LogP) is 6.48. The zero-order chi connectivity index (χ0) is 28.5. The lowest BCUT2D eigenvalue weighted by atomic mass is 9.97. The highest BCUT2D eigenvalue weighted by molar-refractivity contribution is 7.80. The molecule has 0 saturated carbocycles. The summed E-state index contributed by atoms with van der Waals surface area (Å²) in [6.45, 7) is 11.4. The van der Waals surface area contributed by atoms with Gasteiger partial charge in [0.25, 0.3) is 5.91 Å². The second kappa shape index (κ2) is 14.4. The lowest BCUT2D eigenvalue weighted by molar-refractivity contribution is -0.140. The minimum Gasteiger partial charge on any atom is -0.444 e. The lowest BCUT2D eigenvalue weighted by Crippen LogP contribution is -2.53. The van der Waals surface area contributed by atoms with Crippen LogP contribution in [0.5, 0.6) is 0 Å². The first-order valence-corrected chi connectivity index (χ1v) is 13.9. The minimum atomic E-state index is -0.990. The third-order valence-corrected chi connectivity index (χ3v) is 6.65. The van der Waals surface area contributed by atoms with E-state index >= 15 is 0 Å². The zero-order valence-corrected chi connectivity index (χ0v) is 24.8. The van der Waals surface area contributed by atoms with E-state index in [2.05, 4.69) is 30.2 Å². The summed E-state index contributed by atoms with van der Waals surface area (Å²) in [5, 5.41) is 6.01. The zero-order valence-electron chi connectivity index (χ0n) is 23.1. The van der Waals surface area contributed by atoms with Gasteiger partial charge in [-0.25, -0.2) is 4.79 Å². The number of nitrogens with one attached hydrogen (secondary N) is 2. The van der Waals surface area contributed by atoms with Gasteiger partial charge < -0.3 is 20.3 Å². The number of benzene rings is 2. The molecule has 0 fully saturated rings. The van der Waals surface area contributed by atoms with E-state index in [0.29, 0.717) is 29.2 Å². The molecular weight excluding hydrogens is 522 g/mol. The molecule has 2 unspecified atom stereocenters. The number of nitrogens with zero attached hydrogens (tertiary/aromatic N) is 1. The number of thiol groups is 1. The number of aryl methyl sites for hydroxylation is 2. The van der Waals surface area contributed by atoms with Crippen molar-refractivity contribution in [2.24, 2.45) is 0 Å². The number of para-hydroxylation sites is 1. The van der Waals surface area contributed by atoms with Crippen molar-refractivity contribution < 1.29 is 19.1 Å². The van der Waals surface area contributed by atoms with Crippen molar-refractivity contribution in [3.05, 3.63) is 64.2 Å². The molecule has 0 aromatic heterocycles. The molecule has 3 amide bonds. The van der Waals surface area contributed by atoms with Gasteiger partial charge in [-0.3, -0.25) is 9.59 Å². The summed E-state index contributed by atoms with van der Waals surface area (Å²) in [6.07, 6.45) is 1.78. The quantitative estimate of drug-likeness (QED) is 0.216.